The van der Waals surface area contributed by atoms with Crippen LogP contribution in [-0.2, 0) is 4.79 Å². The molecule has 0 aliphatic rings. The van der Waals surface area contributed by atoms with E-state index in [-0.39, 0.29) is 28.0 Å². The van der Waals surface area contributed by atoms with Crippen LogP contribution in [0.2, 0.25) is 5.02 Å². The Hall–Kier alpha value is -2.54. The summed E-state index contributed by atoms with van der Waals surface area (Å²) in [5, 5.41) is 24.4. The Kier molecular flexibility index (Phi) is 7.37. The van der Waals surface area contributed by atoms with E-state index in [2.05, 4.69) is 36.8 Å². The van der Waals surface area contributed by atoms with E-state index in [0.717, 1.165) is 23.1 Å². The monoisotopic (exact) mass is 527 g/mol. The predicted molar refractivity (Wildman–Crippen MR) is 119 cm³/mol. The first-order chi connectivity index (χ1) is 14.3. The Labute approximate surface area is 191 Å². The Bertz CT molecular complexity index is 1130. The molecule has 2 aromatic carbocycles. The Morgan fingerprint density at radius 3 is 2.77 bits per heavy atom. The zero-order chi connectivity index (χ0) is 21.7. The van der Waals surface area contributed by atoms with Gasteiger partial charge in [-0.1, -0.05) is 56.7 Å². The number of anilines is 2. The number of aromatic nitrogens is 2. The molecule has 3 aromatic rings. The SMILES string of the molecule is O=C(CSc1nnc(NC(=O)c2cc(Br)ccc2Cl)s1)Nc1cccc([N+](=O)[O-])c1. The van der Waals surface area contributed by atoms with Gasteiger partial charge in [-0.15, -0.1) is 10.2 Å². The van der Waals surface area contributed by atoms with Gasteiger partial charge in [0.05, 0.1) is 21.3 Å². The van der Waals surface area contributed by atoms with E-state index in [4.69, 9.17) is 11.6 Å². The molecule has 2 N–H and O–H groups in total. The lowest BCUT2D eigenvalue weighted by atomic mass is 10.2. The minimum Gasteiger partial charge on any atom is -0.325 e. The van der Waals surface area contributed by atoms with Gasteiger partial charge in [-0.2, -0.15) is 0 Å². The highest BCUT2D eigenvalue weighted by Gasteiger charge is 2.15. The van der Waals surface area contributed by atoms with Crippen molar-refractivity contribution in [2.24, 2.45) is 0 Å². The van der Waals surface area contributed by atoms with Gasteiger partial charge in [-0.25, -0.2) is 0 Å². The number of nitro benzene ring substituents is 1. The number of carbonyl (C=O) groups is 2. The van der Waals surface area contributed by atoms with Crippen LogP contribution in [0.3, 0.4) is 0 Å². The van der Waals surface area contributed by atoms with Crippen molar-refractivity contribution >= 4 is 79.0 Å². The van der Waals surface area contributed by atoms with E-state index in [1.807, 2.05) is 0 Å². The number of thioether (sulfide) groups is 1. The molecule has 0 atom stereocenters. The first-order valence-electron chi connectivity index (χ1n) is 8.09. The van der Waals surface area contributed by atoms with Crippen LogP contribution < -0.4 is 10.6 Å². The first-order valence-corrected chi connectivity index (χ1v) is 11.1. The van der Waals surface area contributed by atoms with Gasteiger partial charge in [0.15, 0.2) is 4.34 Å². The lowest BCUT2D eigenvalue weighted by Crippen LogP contribution is -2.14. The second-order valence-electron chi connectivity index (χ2n) is 5.60. The van der Waals surface area contributed by atoms with Crippen molar-refractivity contribution in [1.82, 2.24) is 10.2 Å². The van der Waals surface area contributed by atoms with Crippen molar-refractivity contribution < 1.29 is 14.5 Å². The van der Waals surface area contributed by atoms with Gasteiger partial charge in [0.2, 0.25) is 11.0 Å². The summed E-state index contributed by atoms with van der Waals surface area (Å²) in [5.41, 5.74) is 0.494. The van der Waals surface area contributed by atoms with Crippen LogP contribution in [0.5, 0.6) is 0 Å². The third-order valence-corrected chi connectivity index (χ3v) is 6.26. The zero-order valence-corrected chi connectivity index (χ0v) is 18.8. The summed E-state index contributed by atoms with van der Waals surface area (Å²) in [7, 11) is 0. The Morgan fingerprint density at radius 1 is 1.20 bits per heavy atom. The number of non-ortho nitro benzene ring substituents is 1. The molecule has 0 saturated heterocycles. The third kappa shape index (κ3) is 5.98. The molecule has 3 rings (SSSR count). The van der Waals surface area contributed by atoms with Crippen molar-refractivity contribution in [3.05, 3.63) is 67.6 Å². The maximum atomic E-state index is 12.3. The highest BCUT2D eigenvalue weighted by molar-refractivity contribution is 9.10. The molecule has 2 amide bonds. The van der Waals surface area contributed by atoms with Gasteiger partial charge < -0.3 is 5.32 Å². The number of nitro groups is 1. The van der Waals surface area contributed by atoms with Gasteiger partial charge in [0, 0.05) is 22.3 Å². The van der Waals surface area contributed by atoms with Crippen LogP contribution in [0.25, 0.3) is 0 Å². The summed E-state index contributed by atoms with van der Waals surface area (Å²) in [6.45, 7) is 0. The second kappa shape index (κ2) is 9.98. The van der Waals surface area contributed by atoms with Gasteiger partial charge in [0.25, 0.3) is 11.6 Å². The van der Waals surface area contributed by atoms with Crippen molar-refractivity contribution in [2.75, 3.05) is 16.4 Å². The van der Waals surface area contributed by atoms with Crippen molar-refractivity contribution in [3.8, 4) is 0 Å². The second-order valence-corrected chi connectivity index (χ2v) is 9.12. The highest BCUT2D eigenvalue weighted by atomic mass is 79.9. The summed E-state index contributed by atoms with van der Waals surface area (Å²) in [5.74, 6) is -0.775. The fourth-order valence-corrected chi connectivity index (χ4v) is 4.29. The van der Waals surface area contributed by atoms with Crippen molar-refractivity contribution in [1.29, 1.82) is 0 Å². The average molecular weight is 529 g/mol. The molecule has 0 aliphatic heterocycles. The summed E-state index contributed by atoms with van der Waals surface area (Å²) in [6, 6.07) is 10.6. The van der Waals surface area contributed by atoms with E-state index in [1.54, 1.807) is 24.3 Å². The van der Waals surface area contributed by atoms with E-state index in [0.29, 0.717) is 19.5 Å². The molecule has 0 bridgehead atoms. The molecule has 13 heteroatoms. The largest absolute Gasteiger partial charge is 0.325 e. The van der Waals surface area contributed by atoms with Crippen molar-refractivity contribution in [3.63, 3.8) is 0 Å². The molecule has 1 heterocycles. The van der Waals surface area contributed by atoms with E-state index in [9.17, 15) is 19.7 Å². The van der Waals surface area contributed by atoms with Gasteiger partial charge in [-0.05, 0) is 24.3 Å². The van der Waals surface area contributed by atoms with E-state index >= 15 is 0 Å². The summed E-state index contributed by atoms with van der Waals surface area (Å²) in [6.07, 6.45) is 0. The third-order valence-electron chi connectivity index (χ3n) is 3.47. The fraction of sp³-hybridized carbons (Fsp3) is 0.0588. The molecule has 0 radical (unpaired) electrons. The molecule has 0 aliphatic carbocycles. The minimum absolute atomic E-state index is 0.0166. The fourth-order valence-electron chi connectivity index (χ4n) is 2.18. The first kappa shape index (κ1) is 22.2. The lowest BCUT2D eigenvalue weighted by Gasteiger charge is -2.04. The molecular formula is C17H11BrClN5O4S2. The molecule has 9 nitrogen and oxygen atoms in total. The van der Waals surface area contributed by atoms with E-state index < -0.39 is 10.8 Å². The van der Waals surface area contributed by atoms with Crippen LogP contribution in [-0.4, -0.2) is 32.7 Å². The number of nitrogens with one attached hydrogen (secondary N) is 2. The predicted octanol–water partition coefficient (Wildman–Crippen LogP) is 4.85. The van der Waals surface area contributed by atoms with Crippen LogP contribution in [0.4, 0.5) is 16.5 Å². The van der Waals surface area contributed by atoms with Crippen LogP contribution in [0.1, 0.15) is 10.4 Å². The molecule has 0 unspecified atom stereocenters. The number of benzene rings is 2. The van der Waals surface area contributed by atoms with Crippen LogP contribution >= 0.6 is 50.6 Å². The number of halogens is 2. The number of nitrogens with zero attached hydrogens (tertiary/aromatic N) is 3. The lowest BCUT2D eigenvalue weighted by molar-refractivity contribution is -0.384. The van der Waals surface area contributed by atoms with Gasteiger partial charge in [0.1, 0.15) is 0 Å². The minimum atomic E-state index is -0.539. The topological polar surface area (TPSA) is 127 Å². The number of hydrogen-bond acceptors (Lipinski definition) is 8. The normalized spacial score (nSPS) is 10.5. The molecule has 154 valence electrons. The summed E-state index contributed by atoms with van der Waals surface area (Å²) < 4.78 is 1.18. The van der Waals surface area contributed by atoms with Crippen molar-refractivity contribution in [2.45, 2.75) is 4.34 Å². The summed E-state index contributed by atoms with van der Waals surface area (Å²) >= 11 is 11.6. The summed E-state index contributed by atoms with van der Waals surface area (Å²) in [4.78, 5) is 34.7. The average Bonchev–Trinajstić information content (AvgIpc) is 3.15. The maximum absolute atomic E-state index is 12.3. The maximum Gasteiger partial charge on any atom is 0.271 e. The van der Waals surface area contributed by atoms with Gasteiger partial charge in [-0.3, -0.25) is 25.0 Å². The molecular weight excluding hydrogens is 518 g/mol. The standard InChI is InChI=1S/C17H11BrClN5O4S2/c18-9-4-5-13(19)12(6-9)15(26)21-16-22-23-17(30-16)29-8-14(25)20-10-2-1-3-11(7-10)24(27)28/h1-7H,8H2,(H,20,25)(H,21,22,26). The molecule has 1 aromatic heterocycles. The van der Waals surface area contributed by atoms with E-state index in [1.165, 1.54) is 18.2 Å². The molecule has 0 spiro atoms. The molecule has 0 saturated carbocycles. The smallest absolute Gasteiger partial charge is 0.271 e. The number of amides is 2. The quantitative estimate of drug-likeness (QED) is 0.194. The number of hydrogen-bond donors (Lipinski definition) is 2. The Morgan fingerprint density at radius 2 is 2.00 bits per heavy atom. The zero-order valence-electron chi connectivity index (χ0n) is 14.8. The van der Waals surface area contributed by atoms with Gasteiger partial charge >= 0.3 is 0 Å². The Balaban J connectivity index is 1.55. The number of carbonyl (C=O) groups excluding carboxylic acids is 2. The highest BCUT2D eigenvalue weighted by Crippen LogP contribution is 2.27. The molecule has 0 fully saturated rings. The molecule has 30 heavy (non-hydrogen) atoms. The van der Waals surface area contributed by atoms with Crippen LogP contribution in [0.15, 0.2) is 51.3 Å². The number of rotatable bonds is 7. The van der Waals surface area contributed by atoms with Crippen LogP contribution in [0, 0.1) is 10.1 Å².